The number of carbonyl (C=O) groups is 1. The molecular weight excluding hydrogens is 395 g/mol. The average molecular weight is 421 g/mol. The summed E-state index contributed by atoms with van der Waals surface area (Å²) in [5.41, 5.74) is 2.30. The van der Waals surface area contributed by atoms with Crippen LogP contribution in [0.15, 0.2) is 48.5 Å². The molecule has 0 unspecified atom stereocenters. The van der Waals surface area contributed by atoms with Crippen molar-refractivity contribution in [1.29, 1.82) is 0 Å². The van der Waals surface area contributed by atoms with Crippen LogP contribution in [0.3, 0.4) is 0 Å². The smallest absolute Gasteiger partial charge is 0.409 e. The van der Waals surface area contributed by atoms with Crippen LogP contribution in [0, 0.1) is 5.82 Å². The molecule has 1 heterocycles. The highest BCUT2D eigenvalue weighted by molar-refractivity contribution is 7.88. The number of carbonyl (C=O) groups excluding carboxylic acids is 1. The highest BCUT2D eigenvalue weighted by Crippen LogP contribution is 2.26. The summed E-state index contributed by atoms with van der Waals surface area (Å²) >= 11 is 0. The Hall–Kier alpha value is -2.45. The summed E-state index contributed by atoms with van der Waals surface area (Å²) in [5.74, 6) is -0.380. The van der Waals surface area contributed by atoms with Crippen LogP contribution in [0.1, 0.15) is 18.4 Å². The van der Waals surface area contributed by atoms with E-state index in [1.54, 1.807) is 0 Å². The molecule has 3 rings (SSSR count). The topological polar surface area (TPSA) is 75.7 Å². The Kier molecular flexibility index (Phi) is 6.54. The molecule has 0 spiro atoms. The lowest BCUT2D eigenvalue weighted by Crippen LogP contribution is -2.57. The second kappa shape index (κ2) is 8.92. The van der Waals surface area contributed by atoms with Gasteiger partial charge in [-0.15, -0.1) is 0 Å². The van der Waals surface area contributed by atoms with Gasteiger partial charge in [0.05, 0.1) is 19.4 Å². The van der Waals surface area contributed by atoms with Gasteiger partial charge in [-0.2, -0.15) is 0 Å². The molecule has 156 valence electrons. The minimum atomic E-state index is -3.47. The molecule has 0 aromatic heterocycles. The number of hydrogen-bond donors (Lipinski definition) is 1. The Labute approximate surface area is 170 Å². The maximum atomic E-state index is 14.3. The molecular formula is C21H25FN2O4S. The number of rotatable bonds is 5. The fourth-order valence-electron chi connectivity index (χ4n) is 3.87. The van der Waals surface area contributed by atoms with Crippen molar-refractivity contribution in [3.8, 4) is 11.1 Å². The lowest BCUT2D eigenvalue weighted by Gasteiger charge is -2.40. The standard InChI is InChI=1S/C21H25FN2O4S/c1-28-21(25)24-10-6-9-19(23-29(2,26)27)20(24)13-15-11-17(14-18(22)12-15)16-7-4-3-5-8-16/h3-5,7-8,11-12,14,19-20,23H,6,9-10,13H2,1-2H3/t19-,20-/m0/s1. The second-order valence-corrected chi connectivity index (χ2v) is 9.07. The van der Waals surface area contributed by atoms with E-state index in [-0.39, 0.29) is 5.82 Å². The number of hydrogen-bond acceptors (Lipinski definition) is 4. The Bertz CT molecular complexity index is 966. The van der Waals surface area contributed by atoms with E-state index in [1.165, 1.54) is 24.1 Å². The number of nitrogens with zero attached hydrogens (tertiary/aromatic N) is 1. The first-order valence-electron chi connectivity index (χ1n) is 9.43. The molecule has 6 nitrogen and oxygen atoms in total. The number of halogens is 1. The van der Waals surface area contributed by atoms with Crippen molar-refractivity contribution >= 4 is 16.1 Å². The lowest BCUT2D eigenvalue weighted by molar-refractivity contribution is 0.0792. The zero-order valence-corrected chi connectivity index (χ0v) is 17.3. The number of methoxy groups -OCH3 is 1. The van der Waals surface area contributed by atoms with Gasteiger partial charge in [-0.25, -0.2) is 22.3 Å². The van der Waals surface area contributed by atoms with E-state index >= 15 is 0 Å². The van der Waals surface area contributed by atoms with Crippen molar-refractivity contribution < 1.29 is 22.3 Å². The van der Waals surface area contributed by atoms with Gasteiger partial charge in [-0.05, 0) is 48.1 Å². The Morgan fingerprint density at radius 1 is 1.21 bits per heavy atom. The molecule has 1 aliphatic rings. The zero-order valence-electron chi connectivity index (χ0n) is 16.5. The van der Waals surface area contributed by atoms with Crippen LogP contribution in [0.4, 0.5) is 9.18 Å². The summed E-state index contributed by atoms with van der Waals surface area (Å²) in [6.07, 6.45) is 2.12. The number of likely N-dealkylation sites (tertiary alicyclic amines) is 1. The van der Waals surface area contributed by atoms with Crippen LogP contribution in [0.2, 0.25) is 0 Å². The monoisotopic (exact) mass is 420 g/mol. The van der Waals surface area contributed by atoms with Gasteiger partial charge in [0.15, 0.2) is 0 Å². The Morgan fingerprint density at radius 2 is 1.93 bits per heavy atom. The van der Waals surface area contributed by atoms with Gasteiger partial charge in [0.2, 0.25) is 10.0 Å². The third-order valence-corrected chi connectivity index (χ3v) is 5.79. The first kappa shape index (κ1) is 21.3. The molecule has 0 radical (unpaired) electrons. The zero-order chi connectivity index (χ0) is 21.0. The minimum absolute atomic E-state index is 0.305. The third-order valence-electron chi connectivity index (χ3n) is 5.06. The molecule has 29 heavy (non-hydrogen) atoms. The maximum Gasteiger partial charge on any atom is 0.409 e. The summed E-state index contributed by atoms with van der Waals surface area (Å²) < 4.78 is 45.5. The van der Waals surface area contributed by atoms with E-state index in [0.29, 0.717) is 31.4 Å². The SMILES string of the molecule is COC(=O)N1CCC[C@H](NS(C)(=O)=O)[C@@H]1Cc1cc(F)cc(-c2ccccc2)c1. The van der Waals surface area contributed by atoms with Gasteiger partial charge >= 0.3 is 6.09 Å². The summed E-state index contributed by atoms with van der Waals surface area (Å²) in [6, 6.07) is 13.3. The first-order valence-corrected chi connectivity index (χ1v) is 11.3. The molecule has 2 aromatic carbocycles. The van der Waals surface area contributed by atoms with E-state index in [9.17, 15) is 17.6 Å². The molecule has 0 saturated carbocycles. The quantitative estimate of drug-likeness (QED) is 0.806. The van der Waals surface area contributed by atoms with E-state index in [4.69, 9.17) is 4.74 Å². The van der Waals surface area contributed by atoms with Crippen LogP contribution in [-0.4, -0.2) is 51.4 Å². The number of benzene rings is 2. The second-order valence-electron chi connectivity index (χ2n) is 7.29. The van der Waals surface area contributed by atoms with Gasteiger partial charge in [0, 0.05) is 12.6 Å². The molecule has 0 bridgehead atoms. The van der Waals surface area contributed by atoms with Crippen molar-refractivity contribution in [1.82, 2.24) is 9.62 Å². The van der Waals surface area contributed by atoms with Crippen LogP contribution >= 0.6 is 0 Å². The van der Waals surface area contributed by atoms with Crippen LogP contribution in [0.5, 0.6) is 0 Å². The largest absolute Gasteiger partial charge is 0.453 e. The molecule has 1 aliphatic heterocycles. The van der Waals surface area contributed by atoms with Gasteiger partial charge in [0.1, 0.15) is 5.82 Å². The van der Waals surface area contributed by atoms with Crippen molar-refractivity contribution in [2.75, 3.05) is 19.9 Å². The number of amides is 1. The predicted octanol–water partition coefficient (Wildman–Crippen LogP) is 3.18. The van der Waals surface area contributed by atoms with Crippen LogP contribution in [0.25, 0.3) is 11.1 Å². The molecule has 2 atom stereocenters. The minimum Gasteiger partial charge on any atom is -0.453 e. The highest BCUT2D eigenvalue weighted by Gasteiger charge is 2.36. The summed E-state index contributed by atoms with van der Waals surface area (Å²) in [7, 11) is -2.17. The van der Waals surface area contributed by atoms with E-state index in [2.05, 4.69) is 4.72 Å². The van der Waals surface area contributed by atoms with E-state index < -0.39 is 28.2 Å². The Balaban J connectivity index is 1.94. The molecule has 2 aromatic rings. The van der Waals surface area contributed by atoms with Gasteiger partial charge < -0.3 is 9.64 Å². The van der Waals surface area contributed by atoms with Gasteiger partial charge in [-0.3, -0.25) is 0 Å². The van der Waals surface area contributed by atoms with Gasteiger partial charge in [-0.1, -0.05) is 36.4 Å². The average Bonchev–Trinajstić information content (AvgIpc) is 2.68. The van der Waals surface area contributed by atoms with E-state index in [1.807, 2.05) is 36.4 Å². The fourth-order valence-corrected chi connectivity index (χ4v) is 4.70. The molecule has 1 fully saturated rings. The maximum absolute atomic E-state index is 14.3. The fraction of sp³-hybridized carbons (Fsp3) is 0.381. The number of piperidine rings is 1. The van der Waals surface area contributed by atoms with E-state index in [0.717, 1.165) is 17.4 Å². The van der Waals surface area contributed by atoms with Crippen LogP contribution < -0.4 is 4.72 Å². The van der Waals surface area contributed by atoms with Gasteiger partial charge in [0.25, 0.3) is 0 Å². The summed E-state index contributed by atoms with van der Waals surface area (Å²) in [4.78, 5) is 13.8. The summed E-state index contributed by atoms with van der Waals surface area (Å²) in [6.45, 7) is 0.458. The third kappa shape index (κ3) is 5.55. The molecule has 1 N–H and O–H groups in total. The number of sulfonamides is 1. The van der Waals surface area contributed by atoms with Crippen molar-refractivity contribution in [3.63, 3.8) is 0 Å². The first-order chi connectivity index (χ1) is 13.8. The van der Waals surface area contributed by atoms with Crippen LogP contribution in [-0.2, 0) is 21.2 Å². The van der Waals surface area contributed by atoms with Crippen molar-refractivity contribution in [3.05, 3.63) is 59.9 Å². The molecule has 1 amide bonds. The van der Waals surface area contributed by atoms with Crippen molar-refractivity contribution in [2.45, 2.75) is 31.3 Å². The summed E-state index contributed by atoms with van der Waals surface area (Å²) in [5, 5.41) is 0. The normalized spacial score (nSPS) is 19.8. The lowest BCUT2D eigenvalue weighted by atomic mass is 9.90. The molecule has 0 aliphatic carbocycles. The Morgan fingerprint density at radius 3 is 2.59 bits per heavy atom. The number of ether oxygens (including phenoxy) is 1. The predicted molar refractivity (Wildman–Crippen MR) is 109 cm³/mol. The highest BCUT2D eigenvalue weighted by atomic mass is 32.2. The van der Waals surface area contributed by atoms with Crippen molar-refractivity contribution in [2.24, 2.45) is 0 Å². The molecule has 1 saturated heterocycles. The molecule has 8 heteroatoms. The number of nitrogens with one attached hydrogen (secondary N) is 1.